The Hall–Kier alpha value is -1.09. The topological polar surface area (TPSA) is 54.0 Å². The SMILES string of the molecule is C#CCOCCOCCOCC(=O)OC. The normalized spacial score (nSPS) is 9.60. The number of terminal acetylenes is 1. The van der Waals surface area contributed by atoms with E-state index >= 15 is 0 Å². The molecule has 86 valence electrons. The van der Waals surface area contributed by atoms with Crippen molar-refractivity contribution in [3.63, 3.8) is 0 Å². The molecule has 0 N–H and O–H groups in total. The van der Waals surface area contributed by atoms with Crippen molar-refractivity contribution in [3.05, 3.63) is 0 Å². The van der Waals surface area contributed by atoms with Crippen LogP contribution in [-0.4, -0.2) is 52.7 Å². The summed E-state index contributed by atoms with van der Waals surface area (Å²) >= 11 is 0. The van der Waals surface area contributed by atoms with E-state index in [1.165, 1.54) is 7.11 Å². The van der Waals surface area contributed by atoms with E-state index < -0.39 is 5.97 Å². The fourth-order valence-corrected chi connectivity index (χ4v) is 0.683. The van der Waals surface area contributed by atoms with Crippen LogP contribution in [0.25, 0.3) is 0 Å². The molecule has 0 amide bonds. The summed E-state index contributed by atoms with van der Waals surface area (Å²) in [6.07, 6.45) is 4.97. The minimum atomic E-state index is -0.396. The molecule has 0 spiro atoms. The molecule has 0 bridgehead atoms. The van der Waals surface area contributed by atoms with Gasteiger partial charge in [-0.05, 0) is 0 Å². The van der Waals surface area contributed by atoms with Crippen LogP contribution >= 0.6 is 0 Å². The first kappa shape index (κ1) is 13.9. The van der Waals surface area contributed by atoms with Crippen LogP contribution in [0, 0.1) is 12.3 Å². The summed E-state index contributed by atoms with van der Waals surface area (Å²) in [5, 5.41) is 0. The van der Waals surface area contributed by atoms with Gasteiger partial charge in [0.2, 0.25) is 0 Å². The summed E-state index contributed by atoms with van der Waals surface area (Å²) < 4.78 is 19.4. The van der Waals surface area contributed by atoms with Crippen molar-refractivity contribution in [3.8, 4) is 12.3 Å². The number of hydrogen-bond acceptors (Lipinski definition) is 5. The molecule has 0 radical (unpaired) electrons. The van der Waals surface area contributed by atoms with E-state index in [1.807, 2.05) is 0 Å². The molecule has 5 heteroatoms. The zero-order chi connectivity index (χ0) is 11.4. The van der Waals surface area contributed by atoms with Gasteiger partial charge >= 0.3 is 5.97 Å². The van der Waals surface area contributed by atoms with Crippen molar-refractivity contribution in [1.82, 2.24) is 0 Å². The van der Waals surface area contributed by atoms with Crippen LogP contribution in [0.2, 0.25) is 0 Å². The number of rotatable bonds is 9. The van der Waals surface area contributed by atoms with Crippen molar-refractivity contribution in [1.29, 1.82) is 0 Å². The molecule has 5 nitrogen and oxygen atoms in total. The lowest BCUT2D eigenvalue weighted by Gasteiger charge is -2.04. The highest BCUT2D eigenvalue weighted by Gasteiger charge is 1.98. The van der Waals surface area contributed by atoms with Crippen LogP contribution < -0.4 is 0 Å². The molecule has 0 aliphatic carbocycles. The van der Waals surface area contributed by atoms with Gasteiger partial charge in [0.25, 0.3) is 0 Å². The molecule has 0 fully saturated rings. The van der Waals surface area contributed by atoms with E-state index in [1.54, 1.807) is 0 Å². The van der Waals surface area contributed by atoms with Crippen LogP contribution in [0.3, 0.4) is 0 Å². The summed E-state index contributed by atoms with van der Waals surface area (Å²) in [7, 11) is 1.31. The van der Waals surface area contributed by atoms with Crippen LogP contribution in [0.4, 0.5) is 0 Å². The van der Waals surface area contributed by atoms with Gasteiger partial charge in [-0.2, -0.15) is 0 Å². The molecule has 0 aromatic heterocycles. The molecule has 0 rings (SSSR count). The molecule has 0 unspecified atom stereocenters. The van der Waals surface area contributed by atoms with Gasteiger partial charge in [0.1, 0.15) is 13.2 Å². The standard InChI is InChI=1S/C10H16O5/c1-3-4-13-5-6-14-7-8-15-9-10(11)12-2/h1H,4-9H2,2H3. The second kappa shape index (κ2) is 11.0. The van der Waals surface area contributed by atoms with E-state index in [0.717, 1.165) is 0 Å². The molecule has 15 heavy (non-hydrogen) atoms. The van der Waals surface area contributed by atoms with E-state index in [9.17, 15) is 4.79 Å². The van der Waals surface area contributed by atoms with E-state index in [2.05, 4.69) is 10.7 Å². The first-order chi connectivity index (χ1) is 7.31. The molecular weight excluding hydrogens is 200 g/mol. The lowest BCUT2D eigenvalue weighted by atomic mass is 10.7. The molecule has 0 saturated heterocycles. The second-order valence-corrected chi connectivity index (χ2v) is 2.50. The average Bonchev–Trinajstić information content (AvgIpc) is 2.26. The fourth-order valence-electron chi connectivity index (χ4n) is 0.683. The van der Waals surface area contributed by atoms with Crippen molar-refractivity contribution in [2.45, 2.75) is 0 Å². The lowest BCUT2D eigenvalue weighted by molar-refractivity contribution is -0.146. The van der Waals surface area contributed by atoms with Gasteiger partial charge < -0.3 is 18.9 Å². The summed E-state index contributed by atoms with van der Waals surface area (Å²) in [6, 6.07) is 0. The molecule has 0 atom stereocenters. The Morgan fingerprint density at radius 2 is 1.73 bits per heavy atom. The Kier molecular flexibility index (Phi) is 10.2. The maximum atomic E-state index is 10.6. The average molecular weight is 216 g/mol. The van der Waals surface area contributed by atoms with Crippen LogP contribution in [-0.2, 0) is 23.7 Å². The number of hydrogen-bond donors (Lipinski definition) is 0. The highest BCUT2D eigenvalue weighted by atomic mass is 16.6. The quantitative estimate of drug-likeness (QED) is 0.304. The van der Waals surface area contributed by atoms with Gasteiger partial charge in [-0.15, -0.1) is 6.42 Å². The van der Waals surface area contributed by atoms with Gasteiger partial charge in [-0.25, -0.2) is 4.79 Å². The molecule has 0 heterocycles. The van der Waals surface area contributed by atoms with E-state index in [4.69, 9.17) is 20.6 Å². The van der Waals surface area contributed by atoms with Gasteiger partial charge in [0.05, 0.1) is 33.5 Å². The Morgan fingerprint density at radius 3 is 2.33 bits per heavy atom. The molecule has 0 aromatic rings. The number of methoxy groups -OCH3 is 1. The third-order valence-corrected chi connectivity index (χ3v) is 1.38. The Morgan fingerprint density at radius 1 is 1.13 bits per heavy atom. The van der Waals surface area contributed by atoms with Gasteiger partial charge in [-0.1, -0.05) is 5.92 Å². The van der Waals surface area contributed by atoms with Crippen molar-refractivity contribution >= 4 is 5.97 Å². The minimum absolute atomic E-state index is 0.0482. The van der Waals surface area contributed by atoms with Gasteiger partial charge in [0, 0.05) is 0 Å². The van der Waals surface area contributed by atoms with Gasteiger partial charge in [-0.3, -0.25) is 0 Å². The zero-order valence-corrected chi connectivity index (χ0v) is 8.86. The Labute approximate surface area is 89.6 Å². The van der Waals surface area contributed by atoms with Crippen LogP contribution in [0.5, 0.6) is 0 Å². The summed E-state index contributed by atoms with van der Waals surface area (Å²) in [6.45, 7) is 1.93. The summed E-state index contributed by atoms with van der Waals surface area (Å²) in [4.78, 5) is 10.6. The predicted octanol–water partition coefficient (Wildman–Crippen LogP) is -0.158. The third-order valence-electron chi connectivity index (χ3n) is 1.38. The van der Waals surface area contributed by atoms with Crippen molar-refractivity contribution < 1.29 is 23.7 Å². The maximum Gasteiger partial charge on any atom is 0.331 e. The Balaban J connectivity index is 2.99. The van der Waals surface area contributed by atoms with Crippen LogP contribution in [0.1, 0.15) is 0 Å². The monoisotopic (exact) mass is 216 g/mol. The minimum Gasteiger partial charge on any atom is -0.467 e. The third kappa shape index (κ3) is 10.8. The smallest absolute Gasteiger partial charge is 0.331 e. The number of esters is 1. The van der Waals surface area contributed by atoms with E-state index in [0.29, 0.717) is 33.0 Å². The predicted molar refractivity (Wildman–Crippen MR) is 53.3 cm³/mol. The van der Waals surface area contributed by atoms with Crippen molar-refractivity contribution in [2.75, 3.05) is 46.8 Å². The van der Waals surface area contributed by atoms with Crippen molar-refractivity contribution in [2.24, 2.45) is 0 Å². The summed E-state index contributed by atoms with van der Waals surface area (Å²) in [5.74, 6) is 1.95. The highest BCUT2D eigenvalue weighted by Crippen LogP contribution is 1.82. The number of carbonyl (C=O) groups is 1. The second-order valence-electron chi connectivity index (χ2n) is 2.50. The summed E-state index contributed by atoms with van der Waals surface area (Å²) in [5.41, 5.74) is 0. The number of carbonyl (C=O) groups excluding carboxylic acids is 1. The first-order valence-electron chi connectivity index (χ1n) is 4.54. The Bertz CT molecular complexity index is 196. The highest BCUT2D eigenvalue weighted by molar-refractivity contribution is 5.70. The molecule has 0 aliphatic heterocycles. The van der Waals surface area contributed by atoms with E-state index in [-0.39, 0.29) is 6.61 Å². The zero-order valence-electron chi connectivity index (χ0n) is 8.86. The largest absolute Gasteiger partial charge is 0.467 e. The molecule has 0 saturated carbocycles. The fraction of sp³-hybridized carbons (Fsp3) is 0.700. The first-order valence-corrected chi connectivity index (χ1v) is 4.54. The van der Waals surface area contributed by atoms with Gasteiger partial charge in [0.15, 0.2) is 0 Å². The maximum absolute atomic E-state index is 10.6. The molecule has 0 aromatic carbocycles. The molecule has 0 aliphatic rings. The molecular formula is C10H16O5. The number of ether oxygens (including phenoxy) is 4. The van der Waals surface area contributed by atoms with Crippen LogP contribution in [0.15, 0.2) is 0 Å². The lowest BCUT2D eigenvalue weighted by Crippen LogP contribution is -2.14.